The maximum absolute atomic E-state index is 11.9. The van der Waals surface area contributed by atoms with Crippen molar-refractivity contribution in [2.75, 3.05) is 32.7 Å². The summed E-state index contributed by atoms with van der Waals surface area (Å²) in [4.78, 5) is 21.1. The Hall–Kier alpha value is -1.77. The summed E-state index contributed by atoms with van der Waals surface area (Å²) in [6.45, 7) is 0.324. The molecule has 0 saturated heterocycles. The molecule has 100 valence electrons. The Labute approximate surface area is 105 Å². The van der Waals surface area contributed by atoms with Crippen molar-refractivity contribution in [3.8, 4) is 0 Å². The highest BCUT2D eigenvalue weighted by atomic mass is 16.5. The number of methoxy groups -OCH3 is 1. The van der Waals surface area contributed by atoms with Crippen LogP contribution in [0.3, 0.4) is 0 Å². The van der Waals surface area contributed by atoms with E-state index < -0.39 is 6.10 Å². The van der Waals surface area contributed by atoms with E-state index in [1.54, 1.807) is 7.05 Å². The normalized spacial score (nSPS) is 12.0. The Morgan fingerprint density at radius 3 is 2.83 bits per heavy atom. The van der Waals surface area contributed by atoms with E-state index in [0.29, 0.717) is 5.82 Å². The van der Waals surface area contributed by atoms with Gasteiger partial charge in [-0.1, -0.05) is 0 Å². The number of nitrogens with zero attached hydrogens (tertiary/aromatic N) is 3. The van der Waals surface area contributed by atoms with Gasteiger partial charge in [0.05, 0.1) is 25.1 Å². The topological polar surface area (TPSA) is 114 Å². The third-order valence-corrected chi connectivity index (χ3v) is 2.21. The molecule has 4 N–H and O–H groups in total. The zero-order chi connectivity index (χ0) is 13.5. The van der Waals surface area contributed by atoms with Gasteiger partial charge in [0, 0.05) is 20.7 Å². The summed E-state index contributed by atoms with van der Waals surface area (Å²) in [5, 5.41) is 9.52. The average molecular weight is 255 g/mol. The fourth-order valence-electron chi connectivity index (χ4n) is 1.35. The molecule has 8 heteroatoms. The van der Waals surface area contributed by atoms with Gasteiger partial charge in [-0.05, 0) is 0 Å². The molecule has 0 fully saturated rings. The van der Waals surface area contributed by atoms with Crippen molar-refractivity contribution in [2.45, 2.75) is 6.10 Å². The highest BCUT2D eigenvalue weighted by Gasteiger charge is 2.16. The second kappa shape index (κ2) is 6.84. The van der Waals surface area contributed by atoms with Gasteiger partial charge in [0.1, 0.15) is 5.69 Å². The fourth-order valence-corrected chi connectivity index (χ4v) is 1.35. The van der Waals surface area contributed by atoms with E-state index in [0.717, 1.165) is 0 Å². The first kappa shape index (κ1) is 14.3. The summed E-state index contributed by atoms with van der Waals surface area (Å²) in [6.07, 6.45) is 1.94. The van der Waals surface area contributed by atoms with Crippen LogP contribution in [0.5, 0.6) is 0 Å². The number of anilines is 1. The maximum Gasteiger partial charge on any atom is 0.273 e. The van der Waals surface area contributed by atoms with Gasteiger partial charge in [-0.15, -0.1) is 0 Å². The molecule has 8 nitrogen and oxygen atoms in total. The van der Waals surface area contributed by atoms with Gasteiger partial charge in [0.25, 0.3) is 5.91 Å². The molecule has 0 bridgehead atoms. The molecule has 0 aliphatic carbocycles. The van der Waals surface area contributed by atoms with Gasteiger partial charge >= 0.3 is 0 Å². The monoisotopic (exact) mass is 255 g/mol. The Bertz CT molecular complexity index is 384. The Morgan fingerprint density at radius 1 is 1.61 bits per heavy atom. The third kappa shape index (κ3) is 3.91. The molecule has 0 aliphatic rings. The number of aromatic nitrogens is 2. The molecular weight excluding hydrogens is 238 g/mol. The van der Waals surface area contributed by atoms with Crippen molar-refractivity contribution in [1.29, 1.82) is 0 Å². The van der Waals surface area contributed by atoms with Crippen LogP contribution in [0, 0.1) is 0 Å². The summed E-state index contributed by atoms with van der Waals surface area (Å²) < 4.78 is 4.78. The second-order valence-electron chi connectivity index (χ2n) is 3.73. The molecule has 0 aromatic carbocycles. The third-order valence-electron chi connectivity index (χ3n) is 2.21. The van der Waals surface area contributed by atoms with E-state index in [-0.39, 0.29) is 24.8 Å². The largest absolute Gasteiger partial charge is 0.389 e. The molecule has 1 aromatic rings. The SMILES string of the molecule is COCC(O)CN(C)C(=O)c1cnc(NN)cn1. The number of aliphatic hydroxyl groups is 1. The van der Waals surface area contributed by atoms with Crippen LogP contribution in [0.15, 0.2) is 12.4 Å². The molecule has 0 saturated carbocycles. The van der Waals surface area contributed by atoms with Gasteiger partial charge in [-0.2, -0.15) is 0 Å². The molecule has 0 aliphatic heterocycles. The molecule has 18 heavy (non-hydrogen) atoms. The lowest BCUT2D eigenvalue weighted by Gasteiger charge is -2.19. The van der Waals surface area contributed by atoms with Crippen molar-refractivity contribution in [1.82, 2.24) is 14.9 Å². The van der Waals surface area contributed by atoms with Crippen LogP contribution in [-0.4, -0.2) is 59.3 Å². The van der Waals surface area contributed by atoms with Crippen LogP contribution in [0.1, 0.15) is 10.5 Å². The molecule has 0 radical (unpaired) electrons. The lowest BCUT2D eigenvalue weighted by molar-refractivity contribution is 0.0377. The van der Waals surface area contributed by atoms with E-state index in [1.165, 1.54) is 24.4 Å². The van der Waals surface area contributed by atoms with Crippen molar-refractivity contribution >= 4 is 11.7 Å². The Balaban J connectivity index is 2.62. The van der Waals surface area contributed by atoms with Crippen LogP contribution in [-0.2, 0) is 4.74 Å². The van der Waals surface area contributed by atoms with E-state index >= 15 is 0 Å². The van der Waals surface area contributed by atoms with Crippen molar-refractivity contribution in [2.24, 2.45) is 5.84 Å². The molecule has 1 aromatic heterocycles. The Kier molecular flexibility index (Phi) is 5.43. The molecule has 0 spiro atoms. The number of carbonyl (C=O) groups is 1. The number of aliphatic hydroxyl groups excluding tert-OH is 1. The minimum Gasteiger partial charge on any atom is -0.389 e. The number of ether oxygens (including phenoxy) is 1. The van der Waals surface area contributed by atoms with Crippen molar-refractivity contribution in [3.63, 3.8) is 0 Å². The number of hydrogen-bond acceptors (Lipinski definition) is 7. The van der Waals surface area contributed by atoms with Crippen LogP contribution in [0.25, 0.3) is 0 Å². The highest BCUT2D eigenvalue weighted by Crippen LogP contribution is 2.03. The minimum atomic E-state index is -0.734. The predicted molar refractivity (Wildman–Crippen MR) is 64.7 cm³/mol. The summed E-state index contributed by atoms with van der Waals surface area (Å²) in [6, 6.07) is 0. The molecular formula is C10H17N5O3. The first-order valence-electron chi connectivity index (χ1n) is 5.29. The van der Waals surface area contributed by atoms with E-state index in [9.17, 15) is 9.90 Å². The molecule has 1 atom stereocenters. The molecule has 1 unspecified atom stereocenters. The predicted octanol–water partition coefficient (Wildman–Crippen LogP) is -1.16. The molecule has 1 heterocycles. The lowest BCUT2D eigenvalue weighted by Crippen LogP contribution is -2.36. The summed E-state index contributed by atoms with van der Waals surface area (Å²) in [5.41, 5.74) is 2.50. The zero-order valence-electron chi connectivity index (χ0n) is 10.3. The number of hydrazine groups is 1. The highest BCUT2D eigenvalue weighted by molar-refractivity contribution is 5.91. The van der Waals surface area contributed by atoms with Crippen molar-refractivity contribution < 1.29 is 14.6 Å². The van der Waals surface area contributed by atoms with Gasteiger partial charge < -0.3 is 20.2 Å². The zero-order valence-corrected chi connectivity index (χ0v) is 10.3. The number of likely N-dealkylation sites (N-methyl/N-ethyl adjacent to an activating group) is 1. The molecule has 1 rings (SSSR count). The van der Waals surface area contributed by atoms with Gasteiger partial charge in [-0.25, -0.2) is 15.8 Å². The average Bonchev–Trinajstić information content (AvgIpc) is 2.38. The summed E-state index contributed by atoms with van der Waals surface area (Å²) in [7, 11) is 3.05. The number of carbonyl (C=O) groups excluding carboxylic acids is 1. The Morgan fingerprint density at radius 2 is 2.33 bits per heavy atom. The summed E-state index contributed by atoms with van der Waals surface area (Å²) in [5.74, 6) is 5.18. The molecule has 1 amide bonds. The van der Waals surface area contributed by atoms with E-state index in [4.69, 9.17) is 10.6 Å². The number of amides is 1. The number of hydrogen-bond donors (Lipinski definition) is 3. The van der Waals surface area contributed by atoms with Crippen LogP contribution < -0.4 is 11.3 Å². The summed E-state index contributed by atoms with van der Waals surface area (Å²) >= 11 is 0. The number of nitrogens with one attached hydrogen (secondary N) is 1. The van der Waals surface area contributed by atoms with Gasteiger partial charge in [0.15, 0.2) is 5.82 Å². The number of nitrogens with two attached hydrogens (primary N) is 1. The van der Waals surface area contributed by atoms with Gasteiger partial charge in [-0.3, -0.25) is 4.79 Å². The number of nitrogen functional groups attached to an aromatic ring is 1. The lowest BCUT2D eigenvalue weighted by atomic mass is 10.3. The van der Waals surface area contributed by atoms with E-state index in [2.05, 4.69) is 15.4 Å². The second-order valence-corrected chi connectivity index (χ2v) is 3.73. The standard InChI is InChI=1S/C10H17N5O3/c1-15(5-7(16)6-18-2)10(17)8-3-13-9(14-11)4-12-8/h3-4,7,16H,5-6,11H2,1-2H3,(H,13,14). The van der Waals surface area contributed by atoms with E-state index in [1.807, 2.05) is 0 Å². The quantitative estimate of drug-likeness (QED) is 0.434. The number of rotatable bonds is 6. The van der Waals surface area contributed by atoms with Gasteiger partial charge in [0.2, 0.25) is 0 Å². The minimum absolute atomic E-state index is 0.158. The first-order valence-corrected chi connectivity index (χ1v) is 5.29. The van der Waals surface area contributed by atoms with Crippen LogP contribution >= 0.6 is 0 Å². The van der Waals surface area contributed by atoms with Crippen molar-refractivity contribution in [3.05, 3.63) is 18.1 Å². The smallest absolute Gasteiger partial charge is 0.273 e. The fraction of sp³-hybridized carbons (Fsp3) is 0.500. The van der Waals surface area contributed by atoms with Crippen LogP contribution in [0.2, 0.25) is 0 Å². The first-order chi connectivity index (χ1) is 8.58. The maximum atomic E-state index is 11.9. The van der Waals surface area contributed by atoms with Crippen LogP contribution in [0.4, 0.5) is 5.82 Å².